The van der Waals surface area contributed by atoms with E-state index in [1.165, 1.54) is 13.0 Å². The van der Waals surface area contributed by atoms with Crippen LogP contribution in [0.25, 0.3) is 0 Å². The second kappa shape index (κ2) is 5.91. The molecule has 0 spiro atoms. The molecular formula is C14H15N5O2. The minimum absolute atomic E-state index is 0.126. The van der Waals surface area contributed by atoms with Gasteiger partial charge in [0.1, 0.15) is 5.69 Å². The molecule has 2 amide bonds. The zero-order valence-electron chi connectivity index (χ0n) is 11.4. The maximum absolute atomic E-state index is 11.1. The number of amides is 2. The number of carbonyl (C=O) groups excluding carboxylic acids is 2. The van der Waals surface area contributed by atoms with Gasteiger partial charge in [-0.05, 0) is 36.4 Å². The molecule has 0 aliphatic heterocycles. The van der Waals surface area contributed by atoms with Gasteiger partial charge in [-0.2, -0.15) is 0 Å². The predicted molar refractivity (Wildman–Crippen MR) is 81.2 cm³/mol. The van der Waals surface area contributed by atoms with E-state index in [1.807, 2.05) is 0 Å². The molecule has 1 aromatic carbocycles. The summed E-state index contributed by atoms with van der Waals surface area (Å²) in [5.74, 6) is -0.423. The highest BCUT2D eigenvalue weighted by molar-refractivity contribution is 5.92. The Balaban J connectivity index is 2.19. The van der Waals surface area contributed by atoms with Gasteiger partial charge in [-0.3, -0.25) is 9.59 Å². The first-order chi connectivity index (χ1) is 9.95. The fourth-order valence-corrected chi connectivity index (χ4v) is 1.68. The highest BCUT2D eigenvalue weighted by Crippen LogP contribution is 2.22. The van der Waals surface area contributed by atoms with Crippen molar-refractivity contribution >= 4 is 34.7 Å². The molecule has 0 saturated heterocycles. The van der Waals surface area contributed by atoms with Crippen LogP contribution in [0.5, 0.6) is 0 Å². The van der Waals surface area contributed by atoms with Crippen molar-refractivity contribution in [2.24, 2.45) is 5.73 Å². The van der Waals surface area contributed by atoms with E-state index in [-0.39, 0.29) is 11.6 Å². The van der Waals surface area contributed by atoms with E-state index in [2.05, 4.69) is 15.6 Å². The molecule has 0 saturated carbocycles. The van der Waals surface area contributed by atoms with E-state index >= 15 is 0 Å². The van der Waals surface area contributed by atoms with Crippen LogP contribution in [0.1, 0.15) is 17.4 Å². The quantitative estimate of drug-likeness (QED) is 0.677. The van der Waals surface area contributed by atoms with Crippen LogP contribution in [0.2, 0.25) is 0 Å². The van der Waals surface area contributed by atoms with Crippen LogP contribution >= 0.6 is 0 Å². The maximum Gasteiger partial charge on any atom is 0.267 e. The summed E-state index contributed by atoms with van der Waals surface area (Å²) in [5, 5.41) is 5.65. The lowest BCUT2D eigenvalue weighted by molar-refractivity contribution is -0.114. The molecule has 7 nitrogen and oxygen atoms in total. The van der Waals surface area contributed by atoms with Crippen LogP contribution in [0, 0.1) is 0 Å². The van der Waals surface area contributed by atoms with Crippen molar-refractivity contribution in [3.8, 4) is 0 Å². The summed E-state index contributed by atoms with van der Waals surface area (Å²) in [5.41, 5.74) is 12.9. The number of hydrogen-bond acceptors (Lipinski definition) is 5. The third-order valence-electron chi connectivity index (χ3n) is 2.65. The molecule has 0 aliphatic carbocycles. The van der Waals surface area contributed by atoms with Gasteiger partial charge >= 0.3 is 0 Å². The van der Waals surface area contributed by atoms with E-state index in [9.17, 15) is 9.59 Å². The number of carbonyl (C=O) groups is 2. The third kappa shape index (κ3) is 3.69. The van der Waals surface area contributed by atoms with Crippen molar-refractivity contribution in [1.29, 1.82) is 0 Å². The van der Waals surface area contributed by atoms with Crippen molar-refractivity contribution < 1.29 is 9.59 Å². The minimum Gasteiger partial charge on any atom is -0.396 e. The highest BCUT2D eigenvalue weighted by atomic mass is 16.1. The van der Waals surface area contributed by atoms with Crippen molar-refractivity contribution in [3.05, 3.63) is 42.1 Å². The standard InChI is InChI=1S/C14H15N5O2/c1-8(20)17-9-2-4-10(5-3-9)18-14-11(15)6-7-12(19-14)13(16)21/h2-7H,15H2,1H3,(H2,16,21)(H,17,20)(H,18,19). The number of benzene rings is 1. The van der Waals surface area contributed by atoms with Crippen molar-refractivity contribution in [1.82, 2.24) is 4.98 Å². The zero-order chi connectivity index (χ0) is 15.4. The van der Waals surface area contributed by atoms with Crippen LogP contribution in [-0.2, 0) is 4.79 Å². The Bertz CT molecular complexity index is 682. The molecule has 1 aromatic heterocycles. The van der Waals surface area contributed by atoms with Gasteiger partial charge in [0.2, 0.25) is 5.91 Å². The molecule has 108 valence electrons. The molecule has 7 heteroatoms. The fraction of sp³-hybridized carbons (Fsp3) is 0.0714. The van der Waals surface area contributed by atoms with Crippen LogP contribution in [0.4, 0.5) is 22.9 Å². The molecule has 0 radical (unpaired) electrons. The number of rotatable bonds is 4. The molecule has 2 aromatic rings. The lowest BCUT2D eigenvalue weighted by Crippen LogP contribution is -2.14. The Hall–Kier alpha value is -3.09. The minimum atomic E-state index is -0.626. The first-order valence-electron chi connectivity index (χ1n) is 6.16. The largest absolute Gasteiger partial charge is 0.396 e. The summed E-state index contributed by atoms with van der Waals surface area (Å²) >= 11 is 0. The molecular weight excluding hydrogens is 270 g/mol. The average molecular weight is 285 g/mol. The van der Waals surface area contributed by atoms with Crippen molar-refractivity contribution in [2.75, 3.05) is 16.4 Å². The second-order valence-electron chi connectivity index (χ2n) is 4.38. The van der Waals surface area contributed by atoms with Gasteiger partial charge in [0.25, 0.3) is 5.91 Å². The lowest BCUT2D eigenvalue weighted by atomic mass is 10.2. The number of hydrogen-bond donors (Lipinski definition) is 4. The van der Waals surface area contributed by atoms with Crippen LogP contribution in [0.3, 0.4) is 0 Å². The lowest BCUT2D eigenvalue weighted by Gasteiger charge is -2.10. The summed E-state index contributed by atoms with van der Waals surface area (Å²) in [7, 11) is 0. The number of nitrogens with zero attached hydrogens (tertiary/aromatic N) is 1. The monoisotopic (exact) mass is 285 g/mol. The van der Waals surface area contributed by atoms with E-state index < -0.39 is 5.91 Å². The molecule has 0 fully saturated rings. The zero-order valence-corrected chi connectivity index (χ0v) is 11.4. The number of nitrogen functional groups attached to an aromatic ring is 1. The molecule has 0 atom stereocenters. The van der Waals surface area contributed by atoms with Crippen molar-refractivity contribution in [3.63, 3.8) is 0 Å². The molecule has 21 heavy (non-hydrogen) atoms. The summed E-state index contributed by atoms with van der Waals surface area (Å²) in [4.78, 5) is 26.1. The van der Waals surface area contributed by atoms with Gasteiger partial charge in [0.05, 0.1) is 5.69 Å². The first-order valence-corrected chi connectivity index (χ1v) is 6.16. The number of pyridine rings is 1. The van der Waals surface area contributed by atoms with Crippen LogP contribution in [-0.4, -0.2) is 16.8 Å². The Morgan fingerprint density at radius 3 is 2.24 bits per heavy atom. The van der Waals surface area contributed by atoms with Gasteiger partial charge in [-0.25, -0.2) is 4.98 Å². The van der Waals surface area contributed by atoms with Gasteiger partial charge in [0, 0.05) is 18.3 Å². The normalized spacial score (nSPS) is 9.95. The number of nitrogens with two attached hydrogens (primary N) is 2. The van der Waals surface area contributed by atoms with Gasteiger partial charge in [0.15, 0.2) is 5.82 Å². The molecule has 1 heterocycles. The molecule has 6 N–H and O–H groups in total. The Labute approximate surface area is 121 Å². The molecule has 2 rings (SSSR count). The van der Waals surface area contributed by atoms with Gasteiger partial charge in [-0.15, -0.1) is 0 Å². The predicted octanol–water partition coefficient (Wildman–Crippen LogP) is 1.46. The summed E-state index contributed by atoms with van der Waals surface area (Å²) < 4.78 is 0. The average Bonchev–Trinajstić information content (AvgIpc) is 2.42. The van der Waals surface area contributed by atoms with Gasteiger partial charge < -0.3 is 22.1 Å². The van der Waals surface area contributed by atoms with Gasteiger partial charge in [-0.1, -0.05) is 0 Å². The maximum atomic E-state index is 11.1. The van der Waals surface area contributed by atoms with E-state index in [0.29, 0.717) is 22.9 Å². The van der Waals surface area contributed by atoms with E-state index in [0.717, 1.165) is 0 Å². The number of primary amides is 1. The smallest absolute Gasteiger partial charge is 0.267 e. The summed E-state index contributed by atoms with van der Waals surface area (Å²) in [6.45, 7) is 1.44. The Morgan fingerprint density at radius 1 is 1.05 bits per heavy atom. The summed E-state index contributed by atoms with van der Waals surface area (Å²) in [6.07, 6.45) is 0. The Morgan fingerprint density at radius 2 is 1.67 bits per heavy atom. The number of anilines is 4. The Kier molecular flexibility index (Phi) is 4.03. The molecule has 0 unspecified atom stereocenters. The van der Waals surface area contributed by atoms with Crippen LogP contribution < -0.4 is 22.1 Å². The van der Waals surface area contributed by atoms with E-state index in [1.54, 1.807) is 30.3 Å². The van der Waals surface area contributed by atoms with E-state index in [4.69, 9.17) is 11.5 Å². The van der Waals surface area contributed by atoms with Crippen LogP contribution in [0.15, 0.2) is 36.4 Å². The summed E-state index contributed by atoms with van der Waals surface area (Å²) in [6, 6.07) is 9.99. The second-order valence-corrected chi connectivity index (χ2v) is 4.38. The fourth-order valence-electron chi connectivity index (χ4n) is 1.68. The first kappa shape index (κ1) is 14.3. The SMILES string of the molecule is CC(=O)Nc1ccc(Nc2nc(C(N)=O)ccc2N)cc1. The highest BCUT2D eigenvalue weighted by Gasteiger charge is 2.07. The molecule has 0 aliphatic rings. The molecule has 0 bridgehead atoms. The topological polar surface area (TPSA) is 123 Å². The van der Waals surface area contributed by atoms with Crippen molar-refractivity contribution in [2.45, 2.75) is 6.92 Å². The third-order valence-corrected chi connectivity index (χ3v) is 2.65. The number of aromatic nitrogens is 1. The number of nitrogens with one attached hydrogen (secondary N) is 2.